The number of nitrogens with one attached hydrogen (secondary N) is 1. The van der Waals surface area contributed by atoms with Gasteiger partial charge < -0.3 is 5.32 Å². The first-order chi connectivity index (χ1) is 6.45. The Hall–Kier alpha value is -0.530. The van der Waals surface area contributed by atoms with Gasteiger partial charge in [-0.2, -0.15) is 0 Å². The first kappa shape index (κ1) is 11.5. The molecule has 14 heavy (non-hydrogen) atoms. The lowest BCUT2D eigenvalue weighted by Gasteiger charge is -2.25. The predicted octanol–water partition coefficient (Wildman–Crippen LogP) is 3.15. The SMILES string of the molecule is CNCC(C)(C)c1cc(C)cc(Cl)c1. The van der Waals surface area contributed by atoms with E-state index in [-0.39, 0.29) is 5.41 Å². The van der Waals surface area contributed by atoms with Gasteiger partial charge in [-0.1, -0.05) is 31.5 Å². The third kappa shape index (κ3) is 2.73. The van der Waals surface area contributed by atoms with Crippen molar-refractivity contribution in [2.45, 2.75) is 26.2 Å². The van der Waals surface area contributed by atoms with E-state index in [9.17, 15) is 0 Å². The van der Waals surface area contributed by atoms with Gasteiger partial charge in [0.1, 0.15) is 0 Å². The normalized spacial score (nSPS) is 11.8. The highest BCUT2D eigenvalue weighted by Crippen LogP contribution is 2.26. The van der Waals surface area contributed by atoms with Gasteiger partial charge in [-0.05, 0) is 37.2 Å². The minimum absolute atomic E-state index is 0.129. The van der Waals surface area contributed by atoms with Crippen LogP contribution in [0.3, 0.4) is 0 Å². The fourth-order valence-corrected chi connectivity index (χ4v) is 1.96. The number of halogens is 1. The maximum Gasteiger partial charge on any atom is 0.0411 e. The number of benzene rings is 1. The smallest absolute Gasteiger partial charge is 0.0411 e. The van der Waals surface area contributed by atoms with Crippen LogP contribution in [0.2, 0.25) is 5.02 Å². The molecule has 0 aliphatic heterocycles. The van der Waals surface area contributed by atoms with Crippen molar-refractivity contribution in [3.8, 4) is 0 Å². The summed E-state index contributed by atoms with van der Waals surface area (Å²) >= 11 is 6.04. The van der Waals surface area contributed by atoms with Gasteiger partial charge in [-0.15, -0.1) is 0 Å². The Morgan fingerprint density at radius 3 is 2.43 bits per heavy atom. The minimum atomic E-state index is 0.129. The van der Waals surface area contributed by atoms with Crippen LogP contribution in [0.15, 0.2) is 18.2 Å². The highest BCUT2D eigenvalue weighted by Gasteiger charge is 2.19. The molecule has 1 rings (SSSR count). The number of aryl methyl sites for hydroxylation is 1. The van der Waals surface area contributed by atoms with Crippen molar-refractivity contribution in [1.82, 2.24) is 5.32 Å². The number of rotatable bonds is 3. The molecular formula is C12H18ClN. The van der Waals surface area contributed by atoms with Gasteiger partial charge in [0.15, 0.2) is 0 Å². The summed E-state index contributed by atoms with van der Waals surface area (Å²) in [5, 5.41) is 4.03. The van der Waals surface area contributed by atoms with E-state index < -0.39 is 0 Å². The molecule has 0 saturated carbocycles. The third-order valence-electron chi connectivity index (χ3n) is 2.44. The Balaban J connectivity index is 3.05. The molecule has 0 amide bonds. The minimum Gasteiger partial charge on any atom is -0.319 e. The molecule has 0 atom stereocenters. The number of hydrogen-bond acceptors (Lipinski definition) is 1. The second-order valence-electron chi connectivity index (χ2n) is 4.43. The lowest BCUT2D eigenvalue weighted by atomic mass is 9.84. The molecule has 0 spiro atoms. The fourth-order valence-electron chi connectivity index (χ4n) is 1.67. The molecule has 0 aromatic heterocycles. The Kier molecular flexibility index (Phi) is 3.57. The van der Waals surface area contributed by atoms with E-state index >= 15 is 0 Å². The van der Waals surface area contributed by atoms with E-state index in [4.69, 9.17) is 11.6 Å². The van der Waals surface area contributed by atoms with E-state index in [0.717, 1.165) is 11.6 Å². The Morgan fingerprint density at radius 2 is 1.93 bits per heavy atom. The van der Waals surface area contributed by atoms with Gasteiger partial charge in [0.2, 0.25) is 0 Å². The van der Waals surface area contributed by atoms with Gasteiger partial charge >= 0.3 is 0 Å². The zero-order valence-electron chi connectivity index (χ0n) is 9.32. The van der Waals surface area contributed by atoms with Gasteiger partial charge in [-0.3, -0.25) is 0 Å². The summed E-state index contributed by atoms with van der Waals surface area (Å²) in [6, 6.07) is 6.23. The van der Waals surface area contributed by atoms with Crippen LogP contribution in [0.4, 0.5) is 0 Å². The molecule has 1 aromatic carbocycles. The molecule has 1 nitrogen and oxygen atoms in total. The molecule has 2 heteroatoms. The van der Waals surface area contributed by atoms with Crippen molar-refractivity contribution >= 4 is 11.6 Å². The average Bonchev–Trinajstić information content (AvgIpc) is 2.02. The van der Waals surface area contributed by atoms with E-state index in [1.807, 2.05) is 19.2 Å². The van der Waals surface area contributed by atoms with Crippen molar-refractivity contribution in [2.75, 3.05) is 13.6 Å². The van der Waals surface area contributed by atoms with E-state index in [1.165, 1.54) is 11.1 Å². The summed E-state index contributed by atoms with van der Waals surface area (Å²) in [6.07, 6.45) is 0. The maximum atomic E-state index is 6.04. The van der Waals surface area contributed by atoms with Gasteiger partial charge in [-0.25, -0.2) is 0 Å². The monoisotopic (exact) mass is 211 g/mol. The van der Waals surface area contributed by atoms with Crippen LogP contribution in [0.1, 0.15) is 25.0 Å². The van der Waals surface area contributed by atoms with Crippen LogP contribution in [0.25, 0.3) is 0 Å². The maximum absolute atomic E-state index is 6.04. The Morgan fingerprint density at radius 1 is 1.29 bits per heavy atom. The van der Waals surface area contributed by atoms with Crippen LogP contribution in [0.5, 0.6) is 0 Å². The lowest BCUT2D eigenvalue weighted by molar-refractivity contribution is 0.494. The second kappa shape index (κ2) is 4.33. The summed E-state index contributed by atoms with van der Waals surface area (Å²) < 4.78 is 0. The number of hydrogen-bond donors (Lipinski definition) is 1. The largest absolute Gasteiger partial charge is 0.319 e. The molecule has 78 valence electrons. The van der Waals surface area contributed by atoms with E-state index in [2.05, 4.69) is 32.2 Å². The molecule has 0 heterocycles. The molecule has 1 aromatic rings. The van der Waals surface area contributed by atoms with Crippen LogP contribution >= 0.6 is 11.6 Å². The highest BCUT2D eigenvalue weighted by molar-refractivity contribution is 6.30. The topological polar surface area (TPSA) is 12.0 Å². The van der Waals surface area contributed by atoms with Crippen LogP contribution < -0.4 is 5.32 Å². The first-order valence-electron chi connectivity index (χ1n) is 4.88. The third-order valence-corrected chi connectivity index (χ3v) is 2.66. The summed E-state index contributed by atoms with van der Waals surface area (Å²) in [4.78, 5) is 0. The van der Waals surface area contributed by atoms with Gasteiger partial charge in [0.05, 0.1) is 0 Å². The van der Waals surface area contributed by atoms with Gasteiger partial charge in [0.25, 0.3) is 0 Å². The van der Waals surface area contributed by atoms with Crippen molar-refractivity contribution in [2.24, 2.45) is 0 Å². The van der Waals surface area contributed by atoms with Crippen molar-refractivity contribution < 1.29 is 0 Å². The fraction of sp³-hybridized carbons (Fsp3) is 0.500. The molecule has 0 aliphatic rings. The summed E-state index contributed by atoms with van der Waals surface area (Å²) in [7, 11) is 1.97. The summed E-state index contributed by atoms with van der Waals surface area (Å²) in [5.74, 6) is 0. The summed E-state index contributed by atoms with van der Waals surface area (Å²) in [5.41, 5.74) is 2.64. The molecule has 0 fully saturated rings. The van der Waals surface area contributed by atoms with E-state index in [0.29, 0.717) is 0 Å². The molecule has 0 saturated heterocycles. The first-order valence-corrected chi connectivity index (χ1v) is 5.26. The molecular weight excluding hydrogens is 194 g/mol. The zero-order chi connectivity index (χ0) is 10.8. The van der Waals surface area contributed by atoms with Crippen molar-refractivity contribution in [3.63, 3.8) is 0 Å². The number of likely N-dealkylation sites (N-methyl/N-ethyl adjacent to an activating group) is 1. The van der Waals surface area contributed by atoms with Crippen LogP contribution in [-0.4, -0.2) is 13.6 Å². The Bertz CT molecular complexity index is 298. The molecule has 0 aliphatic carbocycles. The zero-order valence-corrected chi connectivity index (χ0v) is 10.1. The second-order valence-corrected chi connectivity index (χ2v) is 4.87. The molecule has 0 unspecified atom stereocenters. The lowest BCUT2D eigenvalue weighted by Crippen LogP contribution is -2.30. The highest BCUT2D eigenvalue weighted by atomic mass is 35.5. The average molecular weight is 212 g/mol. The predicted molar refractivity (Wildman–Crippen MR) is 63.1 cm³/mol. The van der Waals surface area contributed by atoms with Crippen LogP contribution in [-0.2, 0) is 5.41 Å². The molecule has 0 radical (unpaired) electrons. The van der Waals surface area contributed by atoms with Gasteiger partial charge in [0, 0.05) is 17.0 Å². The van der Waals surface area contributed by atoms with E-state index in [1.54, 1.807) is 0 Å². The molecule has 0 bridgehead atoms. The van der Waals surface area contributed by atoms with Crippen LogP contribution in [0, 0.1) is 6.92 Å². The van der Waals surface area contributed by atoms with Crippen molar-refractivity contribution in [3.05, 3.63) is 34.3 Å². The van der Waals surface area contributed by atoms with Crippen molar-refractivity contribution in [1.29, 1.82) is 0 Å². The standard InChI is InChI=1S/C12H18ClN/c1-9-5-10(7-11(13)6-9)12(2,3)8-14-4/h5-7,14H,8H2,1-4H3. The summed E-state index contributed by atoms with van der Waals surface area (Å²) in [6.45, 7) is 7.46. The molecule has 1 N–H and O–H groups in total. The quantitative estimate of drug-likeness (QED) is 0.810. The Labute approximate surface area is 91.5 Å².